The van der Waals surface area contributed by atoms with E-state index in [-0.39, 0.29) is 11.3 Å². The normalized spacial score (nSPS) is 10.1. The SMILES string of the molecule is COc1cccc(CNC(=O)c2cccc(O)c2O)c1. The Morgan fingerprint density at radius 1 is 1.20 bits per heavy atom. The molecular weight excluding hydrogens is 258 g/mol. The second-order valence-corrected chi connectivity index (χ2v) is 4.21. The molecule has 0 bridgehead atoms. The van der Waals surface area contributed by atoms with Crippen LogP contribution in [0.5, 0.6) is 17.2 Å². The number of hydrogen-bond acceptors (Lipinski definition) is 4. The van der Waals surface area contributed by atoms with Crippen molar-refractivity contribution >= 4 is 5.91 Å². The van der Waals surface area contributed by atoms with Crippen molar-refractivity contribution in [3.63, 3.8) is 0 Å². The highest BCUT2D eigenvalue weighted by Gasteiger charge is 2.13. The first-order valence-electron chi connectivity index (χ1n) is 6.04. The van der Waals surface area contributed by atoms with Crippen molar-refractivity contribution in [3.05, 3.63) is 53.6 Å². The van der Waals surface area contributed by atoms with Crippen molar-refractivity contribution in [3.8, 4) is 17.2 Å². The van der Waals surface area contributed by atoms with Crippen LogP contribution >= 0.6 is 0 Å². The molecule has 0 saturated carbocycles. The Bertz CT molecular complexity index is 625. The van der Waals surface area contributed by atoms with Crippen molar-refractivity contribution in [2.75, 3.05) is 7.11 Å². The maximum atomic E-state index is 11.9. The minimum absolute atomic E-state index is 0.0351. The zero-order chi connectivity index (χ0) is 14.5. The molecule has 1 amide bonds. The summed E-state index contributed by atoms with van der Waals surface area (Å²) in [5, 5.41) is 21.6. The second-order valence-electron chi connectivity index (χ2n) is 4.21. The summed E-state index contributed by atoms with van der Waals surface area (Å²) in [6, 6.07) is 11.5. The number of phenols is 2. The number of phenolic OH excluding ortho intramolecular Hbond substituents is 2. The van der Waals surface area contributed by atoms with Gasteiger partial charge in [0.1, 0.15) is 5.75 Å². The lowest BCUT2D eigenvalue weighted by molar-refractivity contribution is 0.0947. The Morgan fingerprint density at radius 2 is 1.95 bits per heavy atom. The lowest BCUT2D eigenvalue weighted by atomic mass is 10.1. The first-order chi connectivity index (χ1) is 9.61. The Morgan fingerprint density at radius 3 is 2.70 bits per heavy atom. The van der Waals surface area contributed by atoms with E-state index >= 15 is 0 Å². The highest BCUT2D eigenvalue weighted by Crippen LogP contribution is 2.28. The highest BCUT2D eigenvalue weighted by molar-refractivity contribution is 5.97. The van der Waals surface area contributed by atoms with E-state index in [4.69, 9.17) is 4.74 Å². The molecule has 2 rings (SSSR count). The van der Waals surface area contributed by atoms with Gasteiger partial charge in [0.15, 0.2) is 11.5 Å². The number of methoxy groups -OCH3 is 1. The van der Waals surface area contributed by atoms with E-state index < -0.39 is 11.7 Å². The van der Waals surface area contributed by atoms with Crippen molar-refractivity contribution in [2.45, 2.75) is 6.54 Å². The number of carbonyl (C=O) groups is 1. The maximum Gasteiger partial charge on any atom is 0.255 e. The van der Waals surface area contributed by atoms with Gasteiger partial charge >= 0.3 is 0 Å². The monoisotopic (exact) mass is 273 g/mol. The van der Waals surface area contributed by atoms with Crippen LogP contribution in [0.25, 0.3) is 0 Å². The number of amides is 1. The average Bonchev–Trinajstić information content (AvgIpc) is 2.48. The Balaban J connectivity index is 2.06. The Hall–Kier alpha value is -2.69. The average molecular weight is 273 g/mol. The van der Waals surface area contributed by atoms with Crippen LogP contribution in [-0.2, 0) is 6.54 Å². The van der Waals surface area contributed by atoms with Crippen molar-refractivity contribution < 1.29 is 19.7 Å². The summed E-state index contributed by atoms with van der Waals surface area (Å²) in [5.74, 6) is -0.493. The fraction of sp³-hybridized carbons (Fsp3) is 0.133. The maximum absolute atomic E-state index is 11.9. The summed E-state index contributed by atoms with van der Waals surface area (Å²) in [6.45, 7) is 0.297. The molecule has 0 heterocycles. The molecule has 2 aromatic carbocycles. The van der Waals surface area contributed by atoms with E-state index in [0.29, 0.717) is 12.3 Å². The van der Waals surface area contributed by atoms with Crippen LogP contribution < -0.4 is 10.1 Å². The Labute approximate surface area is 116 Å². The molecule has 5 heteroatoms. The van der Waals surface area contributed by atoms with Gasteiger partial charge in [0.05, 0.1) is 12.7 Å². The molecule has 0 aliphatic carbocycles. The van der Waals surface area contributed by atoms with E-state index in [1.807, 2.05) is 24.3 Å². The van der Waals surface area contributed by atoms with Crippen molar-refractivity contribution in [1.82, 2.24) is 5.32 Å². The summed E-state index contributed by atoms with van der Waals surface area (Å²) in [5.41, 5.74) is 0.908. The van der Waals surface area contributed by atoms with Gasteiger partial charge in [-0.2, -0.15) is 0 Å². The standard InChI is InChI=1S/C15H15NO4/c1-20-11-5-2-4-10(8-11)9-16-15(19)12-6-3-7-13(17)14(12)18/h2-8,17-18H,9H2,1H3,(H,16,19). The first kappa shape index (κ1) is 13.7. The highest BCUT2D eigenvalue weighted by atomic mass is 16.5. The van der Waals surface area contributed by atoms with Gasteiger partial charge in [-0.05, 0) is 29.8 Å². The number of hydrogen-bond donors (Lipinski definition) is 3. The molecule has 0 unspecified atom stereocenters. The molecule has 0 fully saturated rings. The van der Waals surface area contributed by atoms with Crippen LogP contribution in [0.1, 0.15) is 15.9 Å². The van der Waals surface area contributed by atoms with Crippen molar-refractivity contribution in [1.29, 1.82) is 0 Å². The summed E-state index contributed by atoms with van der Waals surface area (Å²) >= 11 is 0. The molecule has 0 radical (unpaired) electrons. The van der Waals surface area contributed by atoms with E-state index in [2.05, 4.69) is 5.32 Å². The molecule has 0 aromatic heterocycles. The fourth-order valence-corrected chi connectivity index (χ4v) is 1.77. The molecule has 3 N–H and O–H groups in total. The molecule has 20 heavy (non-hydrogen) atoms. The van der Waals surface area contributed by atoms with Gasteiger partial charge in [0, 0.05) is 6.54 Å². The summed E-state index contributed by atoms with van der Waals surface area (Å²) in [7, 11) is 1.57. The van der Waals surface area contributed by atoms with Gasteiger partial charge in [-0.15, -0.1) is 0 Å². The third-order valence-corrected chi connectivity index (χ3v) is 2.85. The molecule has 0 aliphatic heterocycles. The predicted octanol–water partition coefficient (Wildman–Crippen LogP) is 2.04. The minimum Gasteiger partial charge on any atom is -0.504 e. The quantitative estimate of drug-likeness (QED) is 0.745. The molecule has 0 atom stereocenters. The van der Waals surface area contributed by atoms with Gasteiger partial charge in [-0.25, -0.2) is 0 Å². The molecule has 5 nitrogen and oxygen atoms in total. The number of nitrogens with one attached hydrogen (secondary N) is 1. The molecule has 0 aliphatic rings. The third-order valence-electron chi connectivity index (χ3n) is 2.85. The number of para-hydroxylation sites is 1. The number of carbonyl (C=O) groups excluding carboxylic acids is 1. The second kappa shape index (κ2) is 5.97. The predicted molar refractivity (Wildman–Crippen MR) is 73.9 cm³/mol. The zero-order valence-corrected chi connectivity index (χ0v) is 11.0. The third kappa shape index (κ3) is 3.00. The number of benzene rings is 2. The van der Waals surface area contributed by atoms with Crippen LogP contribution in [0, 0.1) is 0 Å². The number of aromatic hydroxyl groups is 2. The van der Waals surface area contributed by atoms with Gasteiger partial charge in [0.2, 0.25) is 0 Å². The largest absolute Gasteiger partial charge is 0.504 e. The van der Waals surface area contributed by atoms with Crippen LogP contribution in [0.2, 0.25) is 0 Å². The molecular formula is C15H15NO4. The van der Waals surface area contributed by atoms with Crippen LogP contribution in [0.15, 0.2) is 42.5 Å². The molecule has 0 spiro atoms. The van der Waals surface area contributed by atoms with Gasteiger partial charge in [0.25, 0.3) is 5.91 Å². The molecule has 0 saturated heterocycles. The van der Waals surface area contributed by atoms with Gasteiger partial charge in [-0.1, -0.05) is 18.2 Å². The van der Waals surface area contributed by atoms with Crippen LogP contribution in [-0.4, -0.2) is 23.2 Å². The fourth-order valence-electron chi connectivity index (χ4n) is 1.77. The minimum atomic E-state index is -0.457. The van der Waals surface area contributed by atoms with Gasteiger partial charge in [-0.3, -0.25) is 4.79 Å². The van der Waals surface area contributed by atoms with E-state index in [0.717, 1.165) is 5.56 Å². The number of ether oxygens (including phenoxy) is 1. The van der Waals surface area contributed by atoms with E-state index in [1.165, 1.54) is 18.2 Å². The smallest absolute Gasteiger partial charge is 0.255 e. The topological polar surface area (TPSA) is 78.8 Å². The van der Waals surface area contributed by atoms with Crippen LogP contribution in [0.3, 0.4) is 0 Å². The lowest BCUT2D eigenvalue weighted by Crippen LogP contribution is -2.22. The van der Waals surface area contributed by atoms with Crippen LogP contribution in [0.4, 0.5) is 0 Å². The zero-order valence-electron chi connectivity index (χ0n) is 11.0. The summed E-state index contributed by atoms with van der Waals surface area (Å²) < 4.78 is 5.10. The summed E-state index contributed by atoms with van der Waals surface area (Å²) in [6.07, 6.45) is 0. The first-order valence-corrected chi connectivity index (χ1v) is 6.04. The molecule has 104 valence electrons. The van der Waals surface area contributed by atoms with Gasteiger partial charge < -0.3 is 20.3 Å². The lowest BCUT2D eigenvalue weighted by Gasteiger charge is -2.08. The van der Waals surface area contributed by atoms with E-state index in [9.17, 15) is 15.0 Å². The molecule has 2 aromatic rings. The number of rotatable bonds is 4. The van der Waals surface area contributed by atoms with Crippen molar-refractivity contribution in [2.24, 2.45) is 0 Å². The van der Waals surface area contributed by atoms with E-state index in [1.54, 1.807) is 7.11 Å². The summed E-state index contributed by atoms with van der Waals surface area (Å²) in [4.78, 5) is 11.9. The Kier molecular flexibility index (Phi) is 4.10.